The van der Waals surface area contributed by atoms with Crippen molar-refractivity contribution in [2.45, 2.75) is 0 Å². The molecule has 0 unspecified atom stereocenters. The normalized spacial score (nSPS) is 8.87. The van der Waals surface area contributed by atoms with Crippen molar-refractivity contribution in [1.29, 1.82) is 0 Å². The smallest absolute Gasteiger partial charge is 0.907 e. The Balaban J connectivity index is -0.000000186. The molecule has 19 heteroatoms. The van der Waals surface area contributed by atoms with E-state index in [9.17, 15) is 35.1 Å². The molecule has 0 heterocycles. The van der Waals surface area contributed by atoms with Gasteiger partial charge in [0.2, 0.25) is 69.5 Å². The maximum absolute atomic E-state index is 12.2. The molecular formula is C12H4BF8Li3O7. The molecule has 0 aliphatic carbocycles. The zero-order valence-corrected chi connectivity index (χ0v) is 15.6. The molecule has 2 rings (SSSR count). The van der Waals surface area contributed by atoms with Crippen LogP contribution >= 0.6 is 0 Å². The Kier molecular flexibility index (Phi) is 18.7. The van der Waals surface area contributed by atoms with Crippen LogP contribution in [0.5, 0.6) is 23.0 Å². The van der Waals surface area contributed by atoms with Gasteiger partial charge in [-0.15, -0.1) is 0 Å². The van der Waals surface area contributed by atoms with Crippen molar-refractivity contribution in [1.82, 2.24) is 0 Å². The van der Waals surface area contributed by atoms with E-state index >= 15 is 0 Å². The predicted molar refractivity (Wildman–Crippen MR) is 65.0 cm³/mol. The van der Waals surface area contributed by atoms with Crippen LogP contribution in [0.1, 0.15) is 0 Å². The second-order valence-corrected chi connectivity index (χ2v) is 4.19. The number of phenolic OH excluding ortho intramolecular Hbond substituents is 4. The van der Waals surface area contributed by atoms with Gasteiger partial charge in [-0.1, -0.05) is 0 Å². The SMILES string of the molecule is Oc1c(O)c(F)c(F)c(F)c1F.Oc1c(O)c(F)c(F)c(F)c1F.[Li+].[Li+].[Li+].[O-]B([O-])[O-]. The van der Waals surface area contributed by atoms with Crippen molar-refractivity contribution in [3.8, 4) is 23.0 Å². The van der Waals surface area contributed by atoms with Gasteiger partial charge in [-0.3, -0.25) is 7.32 Å². The Bertz CT molecular complexity index is 599. The third-order valence-corrected chi connectivity index (χ3v) is 2.44. The summed E-state index contributed by atoms with van der Waals surface area (Å²) in [5.74, 6) is -23.3. The van der Waals surface area contributed by atoms with Gasteiger partial charge in [0.25, 0.3) is 0 Å². The molecule has 0 saturated carbocycles. The molecule has 31 heavy (non-hydrogen) atoms. The van der Waals surface area contributed by atoms with Crippen LogP contribution in [-0.4, -0.2) is 27.7 Å². The molecule has 0 spiro atoms. The predicted octanol–water partition coefficient (Wildman–Crippen LogP) is -9.63. The van der Waals surface area contributed by atoms with Crippen LogP contribution in [0, 0.1) is 46.5 Å². The quantitative estimate of drug-likeness (QED) is 0.104. The van der Waals surface area contributed by atoms with E-state index in [4.69, 9.17) is 35.5 Å². The first-order chi connectivity index (χ1) is 12.7. The average Bonchev–Trinajstić information content (AvgIpc) is 2.64. The van der Waals surface area contributed by atoms with E-state index in [0.717, 1.165) is 0 Å². The first-order valence-corrected chi connectivity index (χ1v) is 6.11. The van der Waals surface area contributed by atoms with Crippen molar-refractivity contribution in [2.75, 3.05) is 0 Å². The Hall–Kier alpha value is -1.18. The molecule has 0 aliphatic rings. The van der Waals surface area contributed by atoms with Gasteiger partial charge >= 0.3 is 56.6 Å². The van der Waals surface area contributed by atoms with E-state index in [1.807, 2.05) is 0 Å². The van der Waals surface area contributed by atoms with Crippen molar-refractivity contribution < 1.29 is 127 Å². The van der Waals surface area contributed by atoms with Gasteiger partial charge in [0.05, 0.1) is 0 Å². The Labute approximate surface area is 203 Å². The first-order valence-electron chi connectivity index (χ1n) is 6.11. The number of rotatable bonds is 0. The van der Waals surface area contributed by atoms with Crippen LogP contribution in [0.15, 0.2) is 0 Å². The van der Waals surface area contributed by atoms with Crippen LogP contribution in [0.25, 0.3) is 0 Å². The van der Waals surface area contributed by atoms with Crippen molar-refractivity contribution >= 4 is 7.32 Å². The minimum Gasteiger partial charge on any atom is -0.907 e. The second-order valence-electron chi connectivity index (χ2n) is 4.19. The summed E-state index contributed by atoms with van der Waals surface area (Å²) in [7, 11) is -2.92. The molecule has 156 valence electrons. The van der Waals surface area contributed by atoms with E-state index in [2.05, 4.69) is 0 Å². The van der Waals surface area contributed by atoms with Crippen LogP contribution in [0.4, 0.5) is 35.1 Å². The maximum atomic E-state index is 12.2. The molecule has 0 bridgehead atoms. The van der Waals surface area contributed by atoms with Gasteiger partial charge in [-0.2, -0.15) is 17.6 Å². The monoisotopic (exact) mass is 444 g/mol. The maximum Gasteiger partial charge on any atom is 1.00 e. The fourth-order valence-electron chi connectivity index (χ4n) is 1.22. The van der Waals surface area contributed by atoms with Gasteiger partial charge in [0, 0.05) is 0 Å². The fraction of sp³-hybridized carbons (Fsp3) is 0. The fourth-order valence-corrected chi connectivity index (χ4v) is 1.22. The Morgan fingerprint density at radius 2 is 0.484 bits per heavy atom. The van der Waals surface area contributed by atoms with E-state index < -0.39 is 76.9 Å². The van der Waals surface area contributed by atoms with E-state index in [0.29, 0.717) is 0 Å². The number of aromatic hydroxyl groups is 4. The second kappa shape index (κ2) is 15.6. The van der Waals surface area contributed by atoms with E-state index in [-0.39, 0.29) is 56.6 Å². The van der Waals surface area contributed by atoms with Crippen LogP contribution < -0.4 is 71.7 Å². The van der Waals surface area contributed by atoms with Gasteiger partial charge in [0.15, 0.2) is 0 Å². The molecule has 7 nitrogen and oxygen atoms in total. The van der Waals surface area contributed by atoms with Gasteiger partial charge in [0.1, 0.15) is 0 Å². The molecular weight excluding hydrogens is 440 g/mol. The molecule has 2 aromatic carbocycles. The van der Waals surface area contributed by atoms with E-state index in [1.165, 1.54) is 0 Å². The average molecular weight is 444 g/mol. The molecule has 0 aromatic heterocycles. The van der Waals surface area contributed by atoms with E-state index in [1.54, 1.807) is 0 Å². The summed E-state index contributed by atoms with van der Waals surface area (Å²) in [6, 6.07) is 0. The number of benzene rings is 2. The molecule has 0 amide bonds. The zero-order valence-electron chi connectivity index (χ0n) is 15.6. The summed E-state index contributed by atoms with van der Waals surface area (Å²) in [5, 5.41) is 58.9. The standard InChI is InChI=1S/2C6H2F4O2.BO3.3Li/c2*7-1-2(8)4(10)6(12)5(11)3(1)9;2-1(3)4;;;/h2*11-12H;;;;/q;;-3;3*+1. The summed E-state index contributed by atoms with van der Waals surface area (Å²) < 4.78 is 97.6. The topological polar surface area (TPSA) is 150 Å². The number of hydrogen-bond acceptors (Lipinski definition) is 7. The minimum atomic E-state index is -2.92. The molecule has 0 atom stereocenters. The Morgan fingerprint density at radius 3 is 0.581 bits per heavy atom. The molecule has 4 N–H and O–H groups in total. The number of halogens is 8. The van der Waals surface area contributed by atoms with Crippen LogP contribution in [-0.2, 0) is 0 Å². The third-order valence-electron chi connectivity index (χ3n) is 2.44. The summed E-state index contributed by atoms with van der Waals surface area (Å²) in [5.41, 5.74) is 0. The van der Waals surface area contributed by atoms with Gasteiger partial charge < -0.3 is 35.5 Å². The molecule has 0 radical (unpaired) electrons. The van der Waals surface area contributed by atoms with Crippen molar-refractivity contribution in [3.05, 3.63) is 46.5 Å². The molecule has 0 saturated heterocycles. The third kappa shape index (κ3) is 9.46. The molecule has 0 aliphatic heterocycles. The van der Waals surface area contributed by atoms with Gasteiger partial charge in [-0.05, 0) is 0 Å². The van der Waals surface area contributed by atoms with Crippen LogP contribution in [0.2, 0.25) is 0 Å². The summed E-state index contributed by atoms with van der Waals surface area (Å²) in [4.78, 5) is 0. The summed E-state index contributed by atoms with van der Waals surface area (Å²) in [6.07, 6.45) is 0. The first kappa shape index (κ1) is 37.1. The van der Waals surface area contributed by atoms with Crippen molar-refractivity contribution in [3.63, 3.8) is 0 Å². The van der Waals surface area contributed by atoms with Crippen LogP contribution in [0.3, 0.4) is 0 Å². The van der Waals surface area contributed by atoms with Gasteiger partial charge in [-0.25, -0.2) is 17.6 Å². The largest absolute Gasteiger partial charge is 1.00 e. The molecule has 2 aromatic rings. The molecule has 0 fully saturated rings. The Morgan fingerprint density at radius 1 is 0.387 bits per heavy atom. The number of phenols is 4. The summed E-state index contributed by atoms with van der Waals surface area (Å²) in [6.45, 7) is 0. The number of hydrogen-bond donors (Lipinski definition) is 4. The zero-order chi connectivity index (χ0) is 22.5. The van der Waals surface area contributed by atoms with Crippen molar-refractivity contribution in [2.24, 2.45) is 0 Å². The summed E-state index contributed by atoms with van der Waals surface area (Å²) >= 11 is 0. The minimum absolute atomic E-state index is 0.